The molecule has 1 saturated heterocycles. The van der Waals surface area contributed by atoms with E-state index >= 15 is 0 Å². The van der Waals surface area contributed by atoms with E-state index in [1.54, 1.807) is 19.1 Å². The number of carbonyl (C=O) groups excluding carboxylic acids is 1. The summed E-state index contributed by atoms with van der Waals surface area (Å²) in [5, 5.41) is 14.3. The first kappa shape index (κ1) is 14.3. The van der Waals surface area contributed by atoms with E-state index in [0.29, 0.717) is 11.4 Å². The Morgan fingerprint density at radius 3 is 2.75 bits per heavy atom. The summed E-state index contributed by atoms with van der Waals surface area (Å²) in [5.74, 6) is -1.68. The molecule has 0 spiro atoms. The van der Waals surface area contributed by atoms with Crippen LogP contribution < -0.4 is 10.6 Å². The number of anilines is 1. The zero-order chi connectivity index (χ0) is 14.7. The predicted molar refractivity (Wildman–Crippen MR) is 71.6 cm³/mol. The summed E-state index contributed by atoms with van der Waals surface area (Å²) in [6.07, 6.45) is 0. The SMILES string of the molecule is Cc1ccc(NC(=O)NC2COCC2C(=O)O)c(C)n1. The van der Waals surface area contributed by atoms with E-state index in [2.05, 4.69) is 15.6 Å². The molecular weight excluding hydrogens is 262 g/mol. The van der Waals surface area contributed by atoms with Crippen LogP contribution in [0.2, 0.25) is 0 Å². The highest BCUT2D eigenvalue weighted by Gasteiger charge is 2.35. The molecule has 0 bridgehead atoms. The molecule has 2 heterocycles. The fourth-order valence-corrected chi connectivity index (χ4v) is 2.09. The van der Waals surface area contributed by atoms with Gasteiger partial charge < -0.3 is 20.5 Å². The van der Waals surface area contributed by atoms with Crippen molar-refractivity contribution < 1.29 is 19.4 Å². The normalized spacial score (nSPS) is 21.5. The number of pyridine rings is 1. The molecule has 3 N–H and O–H groups in total. The minimum atomic E-state index is -0.971. The smallest absolute Gasteiger partial charge is 0.319 e. The topological polar surface area (TPSA) is 101 Å². The molecule has 7 heteroatoms. The zero-order valence-electron chi connectivity index (χ0n) is 11.3. The maximum atomic E-state index is 11.9. The van der Waals surface area contributed by atoms with Gasteiger partial charge in [0.05, 0.1) is 30.6 Å². The van der Waals surface area contributed by atoms with Crippen molar-refractivity contribution in [2.24, 2.45) is 5.92 Å². The highest BCUT2D eigenvalue weighted by atomic mass is 16.5. The van der Waals surface area contributed by atoms with Crippen LogP contribution in [-0.4, -0.2) is 41.3 Å². The van der Waals surface area contributed by atoms with Crippen LogP contribution in [0.1, 0.15) is 11.4 Å². The Morgan fingerprint density at radius 1 is 1.35 bits per heavy atom. The van der Waals surface area contributed by atoms with Gasteiger partial charge in [-0.25, -0.2) is 4.79 Å². The number of carboxylic acid groups (broad SMARTS) is 1. The largest absolute Gasteiger partial charge is 0.481 e. The predicted octanol–water partition coefficient (Wildman–Crippen LogP) is 0.920. The summed E-state index contributed by atoms with van der Waals surface area (Å²) in [6, 6.07) is 2.57. The van der Waals surface area contributed by atoms with Crippen molar-refractivity contribution in [1.82, 2.24) is 10.3 Å². The van der Waals surface area contributed by atoms with Gasteiger partial charge in [0.25, 0.3) is 0 Å². The van der Waals surface area contributed by atoms with Crippen molar-refractivity contribution in [2.45, 2.75) is 19.9 Å². The molecule has 0 saturated carbocycles. The first-order chi connectivity index (χ1) is 9.47. The van der Waals surface area contributed by atoms with Crippen molar-refractivity contribution in [3.8, 4) is 0 Å². The van der Waals surface area contributed by atoms with Crippen molar-refractivity contribution in [1.29, 1.82) is 0 Å². The number of carbonyl (C=O) groups is 2. The van der Waals surface area contributed by atoms with E-state index < -0.39 is 24.0 Å². The van der Waals surface area contributed by atoms with Gasteiger partial charge in [0.15, 0.2) is 0 Å². The number of hydrogen-bond acceptors (Lipinski definition) is 4. The van der Waals surface area contributed by atoms with Gasteiger partial charge in [0.2, 0.25) is 0 Å². The number of hydrogen-bond donors (Lipinski definition) is 3. The van der Waals surface area contributed by atoms with Crippen molar-refractivity contribution >= 4 is 17.7 Å². The molecule has 0 aromatic carbocycles. The molecule has 2 atom stereocenters. The molecule has 1 aliphatic rings. The van der Waals surface area contributed by atoms with Gasteiger partial charge in [-0.3, -0.25) is 9.78 Å². The standard InChI is InChI=1S/C13H17N3O4/c1-7-3-4-10(8(2)14-7)15-13(19)16-11-6-20-5-9(11)12(17)18/h3-4,9,11H,5-6H2,1-2H3,(H,17,18)(H2,15,16,19). The van der Waals surface area contributed by atoms with Crippen LogP contribution in [0.4, 0.5) is 10.5 Å². The van der Waals surface area contributed by atoms with Gasteiger partial charge in [-0.2, -0.15) is 0 Å². The van der Waals surface area contributed by atoms with Gasteiger partial charge in [-0.05, 0) is 26.0 Å². The number of nitrogens with zero attached hydrogens (tertiary/aromatic N) is 1. The van der Waals surface area contributed by atoms with Gasteiger partial charge in [-0.1, -0.05) is 0 Å². The second-order valence-corrected chi connectivity index (χ2v) is 4.77. The minimum absolute atomic E-state index is 0.116. The van der Waals surface area contributed by atoms with Crippen molar-refractivity contribution in [2.75, 3.05) is 18.5 Å². The first-order valence-corrected chi connectivity index (χ1v) is 6.29. The van der Waals surface area contributed by atoms with E-state index in [1.807, 2.05) is 6.92 Å². The number of aromatic nitrogens is 1. The molecule has 1 aliphatic heterocycles. The summed E-state index contributed by atoms with van der Waals surface area (Å²) >= 11 is 0. The van der Waals surface area contributed by atoms with E-state index in [4.69, 9.17) is 9.84 Å². The lowest BCUT2D eigenvalue weighted by atomic mass is 10.0. The molecule has 108 valence electrons. The number of aliphatic carboxylic acids is 1. The molecule has 1 aromatic rings. The number of ether oxygens (including phenoxy) is 1. The summed E-state index contributed by atoms with van der Waals surface area (Å²) in [5.41, 5.74) is 2.17. The van der Waals surface area contributed by atoms with Crippen LogP contribution >= 0.6 is 0 Å². The number of rotatable bonds is 3. The fraction of sp³-hybridized carbons (Fsp3) is 0.462. The molecule has 2 rings (SSSR count). The third-order valence-electron chi connectivity index (χ3n) is 3.19. The third kappa shape index (κ3) is 3.24. The van der Waals surface area contributed by atoms with Crippen molar-refractivity contribution in [3.63, 3.8) is 0 Å². The summed E-state index contributed by atoms with van der Waals surface area (Å²) < 4.78 is 5.09. The van der Waals surface area contributed by atoms with Crippen LogP contribution in [0.15, 0.2) is 12.1 Å². The lowest BCUT2D eigenvalue weighted by Gasteiger charge is -2.16. The van der Waals surface area contributed by atoms with Crippen LogP contribution in [0.25, 0.3) is 0 Å². The lowest BCUT2D eigenvalue weighted by molar-refractivity contribution is -0.142. The van der Waals surface area contributed by atoms with E-state index in [9.17, 15) is 9.59 Å². The van der Waals surface area contributed by atoms with Crippen LogP contribution in [0, 0.1) is 19.8 Å². The molecule has 0 aliphatic carbocycles. The molecule has 7 nitrogen and oxygen atoms in total. The van der Waals surface area contributed by atoms with Crippen LogP contribution in [0.5, 0.6) is 0 Å². The average Bonchev–Trinajstić information content (AvgIpc) is 2.81. The summed E-state index contributed by atoms with van der Waals surface area (Å²) in [6.45, 7) is 3.98. The molecule has 2 amide bonds. The Labute approximate surface area is 116 Å². The van der Waals surface area contributed by atoms with E-state index in [1.165, 1.54) is 0 Å². The second-order valence-electron chi connectivity index (χ2n) is 4.77. The van der Waals surface area contributed by atoms with Crippen LogP contribution in [0.3, 0.4) is 0 Å². The van der Waals surface area contributed by atoms with Gasteiger partial charge >= 0.3 is 12.0 Å². The van der Waals surface area contributed by atoms with Gasteiger partial charge in [0, 0.05) is 5.69 Å². The quantitative estimate of drug-likeness (QED) is 0.764. The number of urea groups is 1. The molecule has 1 aromatic heterocycles. The van der Waals surface area contributed by atoms with Gasteiger partial charge in [-0.15, -0.1) is 0 Å². The Balaban J connectivity index is 1.97. The Kier molecular flexibility index (Phi) is 4.19. The van der Waals surface area contributed by atoms with E-state index in [0.717, 1.165) is 5.69 Å². The summed E-state index contributed by atoms with van der Waals surface area (Å²) in [4.78, 5) is 27.1. The Morgan fingerprint density at radius 2 is 2.10 bits per heavy atom. The number of carboxylic acids is 1. The lowest BCUT2D eigenvalue weighted by Crippen LogP contribution is -2.44. The highest BCUT2D eigenvalue weighted by Crippen LogP contribution is 2.15. The first-order valence-electron chi connectivity index (χ1n) is 6.29. The number of aryl methyl sites for hydroxylation is 2. The maximum absolute atomic E-state index is 11.9. The third-order valence-corrected chi connectivity index (χ3v) is 3.19. The monoisotopic (exact) mass is 279 g/mol. The van der Waals surface area contributed by atoms with Gasteiger partial charge in [0.1, 0.15) is 5.92 Å². The minimum Gasteiger partial charge on any atom is -0.481 e. The molecule has 1 fully saturated rings. The number of nitrogens with one attached hydrogen (secondary N) is 2. The van der Waals surface area contributed by atoms with Crippen LogP contribution in [-0.2, 0) is 9.53 Å². The molecule has 20 heavy (non-hydrogen) atoms. The zero-order valence-corrected chi connectivity index (χ0v) is 11.3. The Hall–Kier alpha value is -2.15. The highest BCUT2D eigenvalue weighted by molar-refractivity contribution is 5.90. The molecular formula is C13H17N3O4. The van der Waals surface area contributed by atoms with E-state index in [-0.39, 0.29) is 13.2 Å². The maximum Gasteiger partial charge on any atom is 0.319 e. The summed E-state index contributed by atoms with van der Waals surface area (Å²) in [7, 11) is 0. The molecule has 0 radical (unpaired) electrons. The van der Waals surface area contributed by atoms with Crippen molar-refractivity contribution in [3.05, 3.63) is 23.5 Å². The average molecular weight is 279 g/mol. The fourth-order valence-electron chi connectivity index (χ4n) is 2.09. The number of amides is 2. The second kappa shape index (κ2) is 5.87. The molecule has 2 unspecified atom stereocenters. The Bertz CT molecular complexity index is 532.